The molecule has 0 fully saturated rings. The number of nitrogens with one attached hydrogen (secondary N) is 3. The summed E-state index contributed by atoms with van der Waals surface area (Å²) in [5.74, 6) is -0.513. The molecule has 0 radical (unpaired) electrons. The molecule has 0 aliphatic heterocycles. The highest BCUT2D eigenvalue weighted by Gasteiger charge is 2.21. The van der Waals surface area contributed by atoms with Crippen LogP contribution in [-0.2, 0) is 16.5 Å². The standard InChI is InChI=1S/C19H28FN5O3S/c1-11(2)15-8-14(20)9-16(12(3)4)18(15)22-19(27)24-29(21,28)17-6-7-25(23-17)10-13(5)26/h6-9,11-13,26H,10H2,1-5H3,(H3,21,22,24,27,28)/t13-,29?/m0/s1. The molecule has 2 atom stereocenters. The van der Waals surface area contributed by atoms with E-state index in [9.17, 15) is 18.5 Å². The predicted molar refractivity (Wildman–Crippen MR) is 110 cm³/mol. The molecule has 2 rings (SSSR count). The first kappa shape index (κ1) is 22.8. The largest absolute Gasteiger partial charge is 0.391 e. The maximum absolute atomic E-state index is 14.0. The van der Waals surface area contributed by atoms with Crippen molar-refractivity contribution in [3.8, 4) is 0 Å². The number of anilines is 1. The third-order valence-electron chi connectivity index (χ3n) is 4.25. The number of nitrogens with zero attached hydrogens (tertiary/aromatic N) is 2. The molecule has 0 aliphatic rings. The van der Waals surface area contributed by atoms with Crippen molar-refractivity contribution in [1.82, 2.24) is 14.5 Å². The van der Waals surface area contributed by atoms with E-state index < -0.39 is 27.9 Å². The molecular formula is C19H28FN5O3S. The number of carbonyl (C=O) groups is 1. The van der Waals surface area contributed by atoms with E-state index in [1.807, 2.05) is 27.7 Å². The topological polar surface area (TPSA) is 120 Å². The van der Waals surface area contributed by atoms with Crippen molar-refractivity contribution in [2.75, 3.05) is 5.32 Å². The number of aliphatic hydroxyl groups is 1. The van der Waals surface area contributed by atoms with Gasteiger partial charge in [-0.2, -0.15) is 5.10 Å². The van der Waals surface area contributed by atoms with Crippen molar-refractivity contribution >= 4 is 21.6 Å². The Bertz CT molecular complexity index is 954. The van der Waals surface area contributed by atoms with E-state index in [-0.39, 0.29) is 23.4 Å². The van der Waals surface area contributed by atoms with Crippen molar-refractivity contribution in [2.24, 2.45) is 0 Å². The molecule has 1 unspecified atom stereocenters. The average Bonchev–Trinajstić information content (AvgIpc) is 3.03. The lowest BCUT2D eigenvalue weighted by Gasteiger charge is -2.21. The summed E-state index contributed by atoms with van der Waals surface area (Å²) in [5.41, 5.74) is 1.67. The fraction of sp³-hybridized carbons (Fsp3) is 0.474. The highest BCUT2D eigenvalue weighted by Crippen LogP contribution is 2.33. The predicted octanol–water partition coefficient (Wildman–Crippen LogP) is 3.79. The summed E-state index contributed by atoms with van der Waals surface area (Å²) in [6, 6.07) is 3.24. The van der Waals surface area contributed by atoms with E-state index in [0.29, 0.717) is 16.8 Å². The Morgan fingerprint density at radius 3 is 2.28 bits per heavy atom. The van der Waals surface area contributed by atoms with Gasteiger partial charge in [-0.25, -0.2) is 22.9 Å². The van der Waals surface area contributed by atoms with Crippen molar-refractivity contribution in [2.45, 2.75) is 64.1 Å². The van der Waals surface area contributed by atoms with Gasteiger partial charge in [0.1, 0.15) is 5.82 Å². The molecule has 1 aromatic heterocycles. The van der Waals surface area contributed by atoms with E-state index in [1.54, 1.807) is 6.92 Å². The van der Waals surface area contributed by atoms with Crippen LogP contribution in [0.2, 0.25) is 0 Å². The smallest absolute Gasteiger partial charge is 0.332 e. The highest BCUT2D eigenvalue weighted by atomic mass is 32.2. The first-order valence-electron chi connectivity index (χ1n) is 9.33. The van der Waals surface area contributed by atoms with Gasteiger partial charge in [0.05, 0.1) is 12.6 Å². The lowest BCUT2D eigenvalue weighted by Crippen LogP contribution is -2.34. The average molecular weight is 426 g/mol. The number of halogens is 1. The summed E-state index contributed by atoms with van der Waals surface area (Å²) in [5, 5.41) is 15.9. The Morgan fingerprint density at radius 1 is 1.24 bits per heavy atom. The maximum Gasteiger partial charge on any atom is 0.332 e. The summed E-state index contributed by atoms with van der Waals surface area (Å²) in [6.07, 6.45) is 0.812. The number of urea groups is 1. The maximum atomic E-state index is 14.0. The minimum atomic E-state index is -3.72. The third-order valence-corrected chi connectivity index (χ3v) is 5.52. The van der Waals surface area contributed by atoms with Gasteiger partial charge >= 0.3 is 6.03 Å². The van der Waals surface area contributed by atoms with Crippen LogP contribution in [0.15, 0.2) is 29.4 Å². The zero-order valence-corrected chi connectivity index (χ0v) is 18.0. The van der Waals surface area contributed by atoms with Crippen LogP contribution in [0.3, 0.4) is 0 Å². The van der Waals surface area contributed by atoms with Gasteiger partial charge in [-0.3, -0.25) is 4.68 Å². The molecule has 0 aliphatic carbocycles. The molecule has 2 amide bonds. The van der Waals surface area contributed by atoms with Crippen molar-refractivity contribution in [3.05, 3.63) is 41.3 Å². The number of amides is 2. The molecule has 0 spiro atoms. The molecule has 8 nitrogen and oxygen atoms in total. The lowest BCUT2D eigenvalue weighted by molar-refractivity contribution is 0.168. The van der Waals surface area contributed by atoms with Crippen LogP contribution in [-0.4, -0.2) is 31.2 Å². The summed E-state index contributed by atoms with van der Waals surface area (Å²) in [7, 11) is -3.72. The van der Waals surface area contributed by atoms with Gasteiger partial charge in [0.25, 0.3) is 0 Å². The van der Waals surface area contributed by atoms with Gasteiger partial charge in [-0.05, 0) is 48.1 Å². The van der Waals surface area contributed by atoms with E-state index >= 15 is 0 Å². The minimum Gasteiger partial charge on any atom is -0.391 e. The van der Waals surface area contributed by atoms with E-state index in [4.69, 9.17) is 4.78 Å². The van der Waals surface area contributed by atoms with Gasteiger partial charge in [-0.15, -0.1) is 0 Å². The molecule has 2 aromatic rings. The molecule has 1 heterocycles. The van der Waals surface area contributed by atoms with Crippen LogP contribution in [0.25, 0.3) is 0 Å². The second-order valence-electron chi connectivity index (χ2n) is 7.61. The van der Waals surface area contributed by atoms with Crippen molar-refractivity contribution < 1.29 is 18.5 Å². The molecular weight excluding hydrogens is 397 g/mol. The minimum absolute atomic E-state index is 0.0602. The summed E-state index contributed by atoms with van der Waals surface area (Å²) in [6.45, 7) is 9.27. The van der Waals surface area contributed by atoms with Crippen molar-refractivity contribution in [1.29, 1.82) is 4.78 Å². The molecule has 0 saturated heterocycles. The van der Waals surface area contributed by atoms with Gasteiger partial charge in [-0.1, -0.05) is 27.7 Å². The van der Waals surface area contributed by atoms with Gasteiger partial charge in [0, 0.05) is 11.9 Å². The van der Waals surface area contributed by atoms with Crippen LogP contribution in [0.1, 0.15) is 57.6 Å². The van der Waals surface area contributed by atoms with Gasteiger partial charge in [0.15, 0.2) is 14.9 Å². The number of aromatic nitrogens is 2. The van der Waals surface area contributed by atoms with Crippen LogP contribution in [0.4, 0.5) is 14.9 Å². The first-order valence-corrected chi connectivity index (χ1v) is 10.9. The van der Waals surface area contributed by atoms with Crippen molar-refractivity contribution in [3.63, 3.8) is 0 Å². The summed E-state index contributed by atoms with van der Waals surface area (Å²) >= 11 is 0. The van der Waals surface area contributed by atoms with Gasteiger partial charge < -0.3 is 10.4 Å². The monoisotopic (exact) mass is 425 g/mol. The molecule has 1 aromatic carbocycles. The number of benzene rings is 1. The van der Waals surface area contributed by atoms with E-state index in [1.165, 1.54) is 29.1 Å². The fourth-order valence-corrected chi connectivity index (χ4v) is 3.78. The van der Waals surface area contributed by atoms with Crippen LogP contribution < -0.4 is 10.0 Å². The molecule has 160 valence electrons. The zero-order valence-electron chi connectivity index (χ0n) is 17.2. The number of rotatable bonds is 7. The molecule has 0 saturated carbocycles. The van der Waals surface area contributed by atoms with Crippen LogP contribution in [0, 0.1) is 10.6 Å². The molecule has 10 heteroatoms. The summed E-state index contributed by atoms with van der Waals surface area (Å²) < 4.78 is 38.2. The number of hydrogen-bond acceptors (Lipinski definition) is 5. The number of aliphatic hydroxyl groups excluding tert-OH is 1. The quantitative estimate of drug-likeness (QED) is 0.539. The van der Waals surface area contributed by atoms with Crippen LogP contribution >= 0.6 is 0 Å². The second kappa shape index (κ2) is 8.91. The molecule has 0 bridgehead atoms. The van der Waals surface area contributed by atoms with Gasteiger partial charge in [0.2, 0.25) is 0 Å². The lowest BCUT2D eigenvalue weighted by atomic mass is 9.92. The van der Waals surface area contributed by atoms with E-state index in [2.05, 4.69) is 15.1 Å². The first-order chi connectivity index (χ1) is 13.4. The molecule has 29 heavy (non-hydrogen) atoms. The zero-order chi connectivity index (χ0) is 21.9. The third kappa shape index (κ3) is 5.77. The molecule has 4 N–H and O–H groups in total. The Kier molecular flexibility index (Phi) is 7.02. The number of hydrogen-bond donors (Lipinski definition) is 4. The fourth-order valence-electron chi connectivity index (χ4n) is 2.90. The highest BCUT2D eigenvalue weighted by molar-refractivity contribution is 7.91. The Labute approximate surface area is 170 Å². The summed E-state index contributed by atoms with van der Waals surface area (Å²) in [4.78, 5) is 12.5. The normalized spacial score (nSPS) is 14.7. The Morgan fingerprint density at radius 2 is 1.79 bits per heavy atom. The van der Waals surface area contributed by atoms with E-state index in [0.717, 1.165) is 0 Å². The SMILES string of the molecule is CC(C)c1cc(F)cc(C(C)C)c1NC(=O)NS(=N)(=O)c1ccn(C[C@H](C)O)n1. The van der Waals surface area contributed by atoms with Crippen LogP contribution in [0.5, 0.6) is 0 Å². The Hall–Kier alpha value is -2.46. The number of carbonyl (C=O) groups excluding carboxylic acids is 1. The Balaban J connectivity index is 2.27. The second-order valence-corrected chi connectivity index (χ2v) is 9.34.